The van der Waals surface area contributed by atoms with Crippen LogP contribution in [0, 0.1) is 0 Å². The fraction of sp³-hybridized carbons (Fsp3) is 0.0625. The first-order chi connectivity index (χ1) is 10.4. The van der Waals surface area contributed by atoms with Crippen molar-refractivity contribution >= 4 is 11.5 Å². The second-order valence-electron chi connectivity index (χ2n) is 4.54. The molecule has 4 N–H and O–H groups in total. The van der Waals surface area contributed by atoms with Gasteiger partial charge in [0.2, 0.25) is 0 Å². The predicted octanol–water partition coefficient (Wildman–Crippen LogP) is 2.83. The van der Waals surface area contributed by atoms with Crippen molar-refractivity contribution in [3.63, 3.8) is 0 Å². The number of aliphatic hydroxyl groups is 2. The Bertz CT molecular complexity index is 724. The van der Waals surface area contributed by atoms with Gasteiger partial charge >= 0.3 is 0 Å². The summed E-state index contributed by atoms with van der Waals surface area (Å²) in [5, 5.41) is 38.2. The number of ether oxygens (including phenoxy) is 1. The third kappa shape index (κ3) is 3.29. The van der Waals surface area contributed by atoms with E-state index in [0.29, 0.717) is 0 Å². The SMILES string of the molecule is C=C/C(O)=C(O)\C=C1/CC(=O)C=C(c2cc(O)ccc2O)O1. The number of rotatable bonds is 3. The Labute approximate surface area is 126 Å². The zero-order chi connectivity index (χ0) is 16.3. The van der Waals surface area contributed by atoms with Gasteiger partial charge in [-0.1, -0.05) is 6.58 Å². The van der Waals surface area contributed by atoms with Crippen LogP contribution in [-0.4, -0.2) is 26.2 Å². The molecular weight excluding hydrogens is 288 g/mol. The van der Waals surface area contributed by atoms with Crippen LogP contribution < -0.4 is 0 Å². The van der Waals surface area contributed by atoms with E-state index in [2.05, 4.69) is 6.58 Å². The lowest BCUT2D eigenvalue weighted by atomic mass is 10.1. The molecule has 0 saturated heterocycles. The third-order valence-corrected chi connectivity index (χ3v) is 2.88. The van der Waals surface area contributed by atoms with Gasteiger partial charge in [-0.05, 0) is 24.3 Å². The molecule has 0 aliphatic carbocycles. The molecule has 1 heterocycles. The Balaban J connectivity index is 2.40. The fourth-order valence-electron chi connectivity index (χ4n) is 1.84. The topological polar surface area (TPSA) is 107 Å². The standard InChI is InChI=1S/C16H14O6/c1-2-13(19)15(21)8-11-5-10(18)7-16(22-11)12-6-9(17)3-4-14(12)20/h2-4,6-8,17,19-21H,1,5H2/b11-8+,15-13-. The van der Waals surface area contributed by atoms with E-state index in [4.69, 9.17) is 4.74 Å². The minimum absolute atomic E-state index is 0.0294. The maximum atomic E-state index is 11.8. The summed E-state index contributed by atoms with van der Waals surface area (Å²) in [6, 6.07) is 3.80. The molecular formula is C16H14O6. The van der Waals surface area contributed by atoms with Gasteiger partial charge in [0.25, 0.3) is 0 Å². The Kier molecular flexibility index (Phi) is 4.22. The summed E-state index contributed by atoms with van der Waals surface area (Å²) in [5.74, 6) is -1.45. The van der Waals surface area contributed by atoms with Gasteiger partial charge in [-0.3, -0.25) is 4.79 Å². The average Bonchev–Trinajstić information content (AvgIpc) is 2.48. The monoisotopic (exact) mass is 302 g/mol. The zero-order valence-corrected chi connectivity index (χ0v) is 11.5. The molecule has 1 aliphatic rings. The number of hydrogen-bond donors (Lipinski definition) is 4. The van der Waals surface area contributed by atoms with Crippen LogP contribution >= 0.6 is 0 Å². The smallest absolute Gasteiger partial charge is 0.166 e. The van der Waals surface area contributed by atoms with Crippen molar-refractivity contribution in [2.75, 3.05) is 0 Å². The summed E-state index contributed by atoms with van der Waals surface area (Å²) < 4.78 is 5.43. The highest BCUT2D eigenvalue weighted by atomic mass is 16.5. The highest BCUT2D eigenvalue weighted by Gasteiger charge is 2.21. The van der Waals surface area contributed by atoms with E-state index in [1.807, 2.05) is 0 Å². The largest absolute Gasteiger partial charge is 0.508 e. The van der Waals surface area contributed by atoms with E-state index in [1.54, 1.807) is 0 Å². The molecule has 0 fully saturated rings. The van der Waals surface area contributed by atoms with E-state index in [9.17, 15) is 25.2 Å². The average molecular weight is 302 g/mol. The van der Waals surface area contributed by atoms with Gasteiger partial charge in [0.15, 0.2) is 17.3 Å². The summed E-state index contributed by atoms with van der Waals surface area (Å²) >= 11 is 0. The molecule has 0 amide bonds. The lowest BCUT2D eigenvalue weighted by Gasteiger charge is -2.18. The van der Waals surface area contributed by atoms with Gasteiger partial charge in [-0.2, -0.15) is 0 Å². The van der Waals surface area contributed by atoms with Crippen LogP contribution in [0.2, 0.25) is 0 Å². The number of hydrogen-bond acceptors (Lipinski definition) is 6. The molecule has 0 spiro atoms. The van der Waals surface area contributed by atoms with E-state index < -0.39 is 11.5 Å². The molecule has 0 bridgehead atoms. The lowest BCUT2D eigenvalue weighted by Crippen LogP contribution is -2.08. The summed E-state index contributed by atoms with van der Waals surface area (Å²) in [4.78, 5) is 11.8. The van der Waals surface area contributed by atoms with Crippen LogP contribution in [0.15, 0.2) is 60.3 Å². The number of aromatic hydroxyl groups is 2. The molecule has 0 saturated carbocycles. The van der Waals surface area contributed by atoms with Crippen LogP contribution in [0.1, 0.15) is 12.0 Å². The fourth-order valence-corrected chi connectivity index (χ4v) is 1.84. The van der Waals surface area contributed by atoms with Crippen LogP contribution in [0.3, 0.4) is 0 Å². The van der Waals surface area contributed by atoms with Crippen molar-refractivity contribution in [2.45, 2.75) is 6.42 Å². The Morgan fingerprint density at radius 2 is 1.95 bits per heavy atom. The minimum atomic E-state index is -0.501. The molecule has 6 nitrogen and oxygen atoms in total. The third-order valence-electron chi connectivity index (χ3n) is 2.88. The number of carbonyl (C=O) groups excluding carboxylic acids is 1. The maximum absolute atomic E-state index is 11.8. The van der Waals surface area contributed by atoms with Crippen LogP contribution in [0.25, 0.3) is 5.76 Å². The van der Waals surface area contributed by atoms with Gasteiger partial charge in [-0.25, -0.2) is 0 Å². The predicted molar refractivity (Wildman–Crippen MR) is 79.0 cm³/mol. The molecule has 0 atom stereocenters. The second-order valence-corrected chi connectivity index (χ2v) is 4.54. The maximum Gasteiger partial charge on any atom is 0.166 e. The van der Waals surface area contributed by atoms with Gasteiger partial charge < -0.3 is 25.2 Å². The van der Waals surface area contributed by atoms with Crippen molar-refractivity contribution in [2.24, 2.45) is 0 Å². The highest BCUT2D eigenvalue weighted by Crippen LogP contribution is 2.34. The second kappa shape index (κ2) is 6.09. The summed E-state index contributed by atoms with van der Waals surface area (Å²) in [5.41, 5.74) is 0.135. The van der Waals surface area contributed by atoms with Crippen molar-refractivity contribution in [3.05, 3.63) is 65.8 Å². The first-order valence-electron chi connectivity index (χ1n) is 6.30. The van der Waals surface area contributed by atoms with E-state index in [1.165, 1.54) is 24.3 Å². The first kappa shape index (κ1) is 15.2. The normalized spacial score (nSPS) is 17.5. The van der Waals surface area contributed by atoms with Crippen LogP contribution in [-0.2, 0) is 9.53 Å². The Hall–Kier alpha value is -3.15. The number of carbonyl (C=O) groups is 1. The van der Waals surface area contributed by atoms with Gasteiger partial charge in [-0.15, -0.1) is 0 Å². The van der Waals surface area contributed by atoms with E-state index in [0.717, 1.165) is 12.2 Å². The number of ketones is 1. The number of aliphatic hydroxyl groups excluding tert-OH is 2. The molecule has 0 radical (unpaired) electrons. The van der Waals surface area contributed by atoms with Gasteiger partial charge in [0.05, 0.1) is 12.0 Å². The Morgan fingerprint density at radius 3 is 2.64 bits per heavy atom. The molecule has 0 unspecified atom stereocenters. The molecule has 1 aromatic rings. The molecule has 6 heteroatoms. The van der Waals surface area contributed by atoms with E-state index in [-0.39, 0.29) is 40.8 Å². The highest BCUT2D eigenvalue weighted by molar-refractivity contribution is 5.99. The number of phenolic OH excluding ortho intramolecular Hbond substituents is 2. The number of allylic oxidation sites excluding steroid dienone is 4. The molecule has 1 aliphatic heterocycles. The van der Waals surface area contributed by atoms with Crippen molar-refractivity contribution in [1.29, 1.82) is 0 Å². The molecule has 22 heavy (non-hydrogen) atoms. The summed E-state index contributed by atoms with van der Waals surface area (Å²) in [7, 11) is 0. The van der Waals surface area contributed by atoms with Crippen molar-refractivity contribution in [1.82, 2.24) is 0 Å². The number of phenols is 2. The van der Waals surface area contributed by atoms with Crippen LogP contribution in [0.5, 0.6) is 11.5 Å². The van der Waals surface area contributed by atoms with Gasteiger partial charge in [0, 0.05) is 12.2 Å². The molecule has 2 rings (SSSR count). The van der Waals surface area contributed by atoms with Crippen molar-refractivity contribution < 1.29 is 30.0 Å². The quantitative estimate of drug-likeness (QED) is 0.388. The Morgan fingerprint density at radius 1 is 1.23 bits per heavy atom. The van der Waals surface area contributed by atoms with Crippen LogP contribution in [0.4, 0.5) is 0 Å². The molecule has 114 valence electrons. The van der Waals surface area contributed by atoms with Crippen molar-refractivity contribution in [3.8, 4) is 11.5 Å². The zero-order valence-electron chi connectivity index (χ0n) is 11.5. The molecule has 1 aromatic carbocycles. The summed E-state index contributed by atoms with van der Waals surface area (Å²) in [6.45, 7) is 3.30. The lowest BCUT2D eigenvalue weighted by molar-refractivity contribution is -0.114. The van der Waals surface area contributed by atoms with E-state index >= 15 is 0 Å². The number of benzene rings is 1. The molecule has 0 aromatic heterocycles. The van der Waals surface area contributed by atoms with Gasteiger partial charge in [0.1, 0.15) is 23.0 Å². The first-order valence-corrected chi connectivity index (χ1v) is 6.30. The summed E-state index contributed by atoms with van der Waals surface area (Å²) in [6.07, 6.45) is 3.19. The minimum Gasteiger partial charge on any atom is -0.508 e.